The summed E-state index contributed by atoms with van der Waals surface area (Å²) in [6.45, 7) is 0.317. The van der Waals surface area contributed by atoms with Gasteiger partial charge in [-0.25, -0.2) is 4.79 Å². The first-order valence-corrected chi connectivity index (χ1v) is 9.37. The van der Waals surface area contributed by atoms with Crippen molar-refractivity contribution >= 4 is 28.8 Å². The van der Waals surface area contributed by atoms with Gasteiger partial charge in [-0.05, 0) is 24.3 Å². The van der Waals surface area contributed by atoms with Gasteiger partial charge in [-0.3, -0.25) is 4.79 Å². The number of ketones is 1. The van der Waals surface area contributed by atoms with Crippen molar-refractivity contribution in [2.45, 2.75) is 6.54 Å². The molecule has 6 nitrogen and oxygen atoms in total. The lowest BCUT2D eigenvalue weighted by Crippen LogP contribution is -2.28. The van der Waals surface area contributed by atoms with Crippen molar-refractivity contribution in [3.05, 3.63) is 76.0 Å². The Kier molecular flexibility index (Phi) is 6.29. The summed E-state index contributed by atoms with van der Waals surface area (Å²) < 4.78 is 10.4. The maximum Gasteiger partial charge on any atom is 0.319 e. The number of urea groups is 1. The summed E-state index contributed by atoms with van der Waals surface area (Å²) in [7, 11) is 3.08. The molecule has 0 saturated heterocycles. The summed E-state index contributed by atoms with van der Waals surface area (Å²) in [6.07, 6.45) is 0. The van der Waals surface area contributed by atoms with Crippen molar-refractivity contribution in [1.29, 1.82) is 0 Å². The average molecular weight is 396 g/mol. The van der Waals surface area contributed by atoms with Crippen molar-refractivity contribution in [2.24, 2.45) is 0 Å². The molecule has 0 unspecified atom stereocenters. The number of nitrogens with one attached hydrogen (secondary N) is 2. The molecule has 2 amide bonds. The standard InChI is InChI=1S/C21H20N2O4S/c1-26-15-8-10-17(18(12-15)27-2)23-21(25)22-13-16-9-11-19(28-16)20(24)14-6-4-3-5-7-14/h3-12H,13H2,1-2H3,(H2,22,23,25). The molecule has 7 heteroatoms. The summed E-state index contributed by atoms with van der Waals surface area (Å²) in [4.78, 5) is 26.2. The number of amides is 2. The van der Waals surface area contributed by atoms with Crippen molar-refractivity contribution in [2.75, 3.05) is 19.5 Å². The fraction of sp³-hybridized carbons (Fsp3) is 0.143. The van der Waals surface area contributed by atoms with E-state index in [1.54, 1.807) is 43.5 Å². The van der Waals surface area contributed by atoms with Crippen LogP contribution in [0.2, 0.25) is 0 Å². The Bertz CT molecular complexity index is 970. The Balaban J connectivity index is 1.58. The van der Waals surface area contributed by atoms with Crippen LogP contribution >= 0.6 is 11.3 Å². The van der Waals surface area contributed by atoms with Gasteiger partial charge in [0.25, 0.3) is 0 Å². The number of carbonyl (C=O) groups is 2. The van der Waals surface area contributed by atoms with Crippen LogP contribution < -0.4 is 20.1 Å². The van der Waals surface area contributed by atoms with E-state index in [4.69, 9.17) is 9.47 Å². The number of methoxy groups -OCH3 is 2. The smallest absolute Gasteiger partial charge is 0.319 e. The highest BCUT2D eigenvalue weighted by atomic mass is 32.1. The van der Waals surface area contributed by atoms with Crippen LogP contribution in [0.4, 0.5) is 10.5 Å². The Labute approximate surface area is 167 Å². The van der Waals surface area contributed by atoms with Gasteiger partial charge in [0.15, 0.2) is 0 Å². The van der Waals surface area contributed by atoms with Gasteiger partial charge in [0.1, 0.15) is 11.5 Å². The van der Waals surface area contributed by atoms with Gasteiger partial charge in [0, 0.05) is 16.5 Å². The lowest BCUT2D eigenvalue weighted by Gasteiger charge is -2.12. The van der Waals surface area contributed by atoms with Crippen molar-refractivity contribution in [3.63, 3.8) is 0 Å². The highest BCUT2D eigenvalue weighted by Gasteiger charge is 2.13. The van der Waals surface area contributed by atoms with Gasteiger partial charge in [0.2, 0.25) is 5.78 Å². The molecular formula is C21H20N2O4S. The molecule has 0 aliphatic heterocycles. The number of benzene rings is 2. The third-order valence-corrected chi connectivity index (χ3v) is 5.09. The maximum atomic E-state index is 12.4. The lowest BCUT2D eigenvalue weighted by atomic mass is 10.1. The second kappa shape index (κ2) is 9.05. The molecule has 3 rings (SSSR count). The molecule has 144 valence electrons. The Morgan fingerprint density at radius 2 is 1.75 bits per heavy atom. The van der Waals surface area contributed by atoms with Crippen LogP contribution in [-0.2, 0) is 6.54 Å². The zero-order chi connectivity index (χ0) is 19.9. The summed E-state index contributed by atoms with van der Waals surface area (Å²) in [6, 6.07) is 17.5. The molecule has 0 aliphatic rings. The van der Waals surface area contributed by atoms with E-state index in [1.807, 2.05) is 24.3 Å². The molecule has 2 aromatic carbocycles. The first-order valence-electron chi connectivity index (χ1n) is 8.56. The van der Waals surface area contributed by atoms with Crippen LogP contribution in [0.15, 0.2) is 60.7 Å². The second-order valence-corrected chi connectivity index (χ2v) is 7.00. The van der Waals surface area contributed by atoms with E-state index in [1.165, 1.54) is 18.4 Å². The third-order valence-electron chi connectivity index (χ3n) is 4.00. The van der Waals surface area contributed by atoms with E-state index in [0.29, 0.717) is 34.2 Å². The predicted molar refractivity (Wildman–Crippen MR) is 110 cm³/mol. The lowest BCUT2D eigenvalue weighted by molar-refractivity contribution is 0.104. The summed E-state index contributed by atoms with van der Waals surface area (Å²) >= 11 is 1.36. The monoisotopic (exact) mass is 396 g/mol. The fourth-order valence-corrected chi connectivity index (χ4v) is 3.47. The van der Waals surface area contributed by atoms with Gasteiger partial charge >= 0.3 is 6.03 Å². The molecule has 0 spiro atoms. The number of thiophene rings is 1. The Morgan fingerprint density at radius 1 is 0.964 bits per heavy atom. The number of hydrogen-bond acceptors (Lipinski definition) is 5. The Hall–Kier alpha value is -3.32. The summed E-state index contributed by atoms with van der Waals surface area (Å²) in [5.74, 6) is 1.11. The van der Waals surface area contributed by atoms with E-state index in [2.05, 4.69) is 10.6 Å². The van der Waals surface area contributed by atoms with Crippen molar-refractivity contribution in [1.82, 2.24) is 5.32 Å². The molecule has 1 aromatic heterocycles. The first kappa shape index (κ1) is 19.4. The van der Waals surface area contributed by atoms with Gasteiger partial charge < -0.3 is 20.1 Å². The minimum Gasteiger partial charge on any atom is -0.497 e. The largest absolute Gasteiger partial charge is 0.497 e. The highest BCUT2D eigenvalue weighted by molar-refractivity contribution is 7.14. The molecule has 0 atom stereocenters. The number of hydrogen-bond donors (Lipinski definition) is 2. The van der Waals surface area contributed by atoms with Crippen LogP contribution in [-0.4, -0.2) is 26.0 Å². The second-order valence-electron chi connectivity index (χ2n) is 5.84. The van der Waals surface area contributed by atoms with Gasteiger partial charge in [-0.2, -0.15) is 0 Å². The topological polar surface area (TPSA) is 76.7 Å². The maximum absolute atomic E-state index is 12.4. The predicted octanol–water partition coefficient (Wildman–Crippen LogP) is 4.32. The van der Waals surface area contributed by atoms with Crippen LogP contribution in [0.1, 0.15) is 20.1 Å². The zero-order valence-electron chi connectivity index (χ0n) is 15.5. The van der Waals surface area contributed by atoms with Gasteiger partial charge in [-0.15, -0.1) is 11.3 Å². The molecule has 0 bridgehead atoms. The zero-order valence-corrected chi connectivity index (χ0v) is 16.3. The average Bonchev–Trinajstić information content (AvgIpc) is 3.21. The van der Waals surface area contributed by atoms with Gasteiger partial charge in [0.05, 0.1) is 31.3 Å². The minimum atomic E-state index is -0.368. The van der Waals surface area contributed by atoms with E-state index < -0.39 is 0 Å². The summed E-state index contributed by atoms with van der Waals surface area (Å²) in [5.41, 5.74) is 1.18. The quantitative estimate of drug-likeness (QED) is 0.583. The molecule has 0 radical (unpaired) electrons. The van der Waals surface area contributed by atoms with E-state index in [0.717, 1.165) is 4.88 Å². The molecule has 0 fully saturated rings. The van der Waals surface area contributed by atoms with E-state index >= 15 is 0 Å². The number of ether oxygens (including phenoxy) is 2. The number of carbonyl (C=O) groups excluding carboxylic acids is 2. The van der Waals surface area contributed by atoms with E-state index in [9.17, 15) is 9.59 Å². The van der Waals surface area contributed by atoms with Crippen molar-refractivity contribution < 1.29 is 19.1 Å². The third kappa shape index (κ3) is 4.69. The normalized spacial score (nSPS) is 10.2. The fourth-order valence-electron chi connectivity index (χ4n) is 2.56. The van der Waals surface area contributed by atoms with Crippen molar-refractivity contribution in [3.8, 4) is 11.5 Å². The number of anilines is 1. The number of rotatable bonds is 7. The van der Waals surface area contributed by atoms with Gasteiger partial charge in [-0.1, -0.05) is 30.3 Å². The van der Waals surface area contributed by atoms with Crippen LogP contribution in [0.5, 0.6) is 11.5 Å². The first-order chi connectivity index (χ1) is 13.6. The SMILES string of the molecule is COc1ccc(NC(=O)NCc2ccc(C(=O)c3ccccc3)s2)c(OC)c1. The van der Waals surface area contributed by atoms with E-state index in [-0.39, 0.29) is 11.8 Å². The Morgan fingerprint density at radius 3 is 2.46 bits per heavy atom. The molecule has 3 aromatic rings. The summed E-state index contributed by atoms with van der Waals surface area (Å²) in [5, 5.41) is 5.53. The molecule has 28 heavy (non-hydrogen) atoms. The van der Waals surface area contributed by atoms with Crippen LogP contribution in [0, 0.1) is 0 Å². The highest BCUT2D eigenvalue weighted by Crippen LogP contribution is 2.29. The molecule has 0 aliphatic carbocycles. The molecule has 2 N–H and O–H groups in total. The molecule has 1 heterocycles. The molecular weight excluding hydrogens is 376 g/mol. The van der Waals surface area contributed by atoms with Crippen LogP contribution in [0.25, 0.3) is 0 Å². The van der Waals surface area contributed by atoms with Crippen LogP contribution in [0.3, 0.4) is 0 Å². The minimum absolute atomic E-state index is 0.0238. The molecule has 0 saturated carbocycles.